The number of piperidine rings is 2. The second-order valence-electron chi connectivity index (χ2n) is 16.3. The standard InChI is InChI=1S/C22H30N4O4.C17H22N4O2.C2H4O2/c1-13-10-18-17(26-14(2)20(27)24-23-19(26)12-29-18)11-16(13)15-6-8-25(9-7-15)21(28)30-22(3,4)5;1-10-7-15-14(8-13(10)12-3-5-18-6-4-12)21-11(2)17(22)20-19-16(21)9-23-15;1-2(3)4/h10-11,14-15H,6-9,12H2,1-5H3,(H,24,27);7-8,11-12,18H,3-6,9H2,1-2H3,(H,20,22);1H3,(H,3,4). The highest BCUT2D eigenvalue weighted by Gasteiger charge is 2.38. The van der Waals surface area contributed by atoms with Crippen LogP contribution in [0.5, 0.6) is 11.5 Å². The van der Waals surface area contributed by atoms with Crippen molar-refractivity contribution < 1.29 is 38.5 Å². The summed E-state index contributed by atoms with van der Waals surface area (Å²) in [5, 5.41) is 19.2. The van der Waals surface area contributed by atoms with Gasteiger partial charge in [0.05, 0.1) is 11.4 Å². The van der Waals surface area contributed by atoms with Crippen molar-refractivity contribution in [3.8, 4) is 11.5 Å². The van der Waals surface area contributed by atoms with Crippen LogP contribution in [0.25, 0.3) is 0 Å². The van der Waals surface area contributed by atoms with E-state index in [1.165, 1.54) is 22.3 Å². The minimum Gasteiger partial charge on any atom is -0.483 e. The summed E-state index contributed by atoms with van der Waals surface area (Å²) in [7, 11) is 0. The van der Waals surface area contributed by atoms with Crippen LogP contribution in [0.15, 0.2) is 34.5 Å². The molecule has 8 rings (SSSR count). The summed E-state index contributed by atoms with van der Waals surface area (Å²) in [4.78, 5) is 51.3. The zero-order valence-corrected chi connectivity index (χ0v) is 34.2. The smallest absolute Gasteiger partial charge is 0.410 e. The van der Waals surface area contributed by atoms with E-state index >= 15 is 0 Å². The van der Waals surface area contributed by atoms with Gasteiger partial charge in [-0.1, -0.05) is 0 Å². The van der Waals surface area contributed by atoms with Crippen molar-refractivity contribution in [1.29, 1.82) is 0 Å². The Morgan fingerprint density at radius 2 is 1.19 bits per heavy atom. The topological polar surface area (TPSA) is 187 Å². The number of aliphatic carboxylic acids is 1. The summed E-state index contributed by atoms with van der Waals surface area (Å²) in [6.07, 6.45) is 3.80. The molecule has 2 unspecified atom stereocenters. The fourth-order valence-electron chi connectivity index (χ4n) is 8.09. The minimum absolute atomic E-state index is 0.0782. The molecule has 0 radical (unpaired) electrons. The van der Waals surface area contributed by atoms with E-state index in [9.17, 15) is 14.4 Å². The van der Waals surface area contributed by atoms with Gasteiger partial charge in [-0.15, -0.1) is 0 Å². The molecule has 0 aromatic heterocycles. The maximum atomic E-state index is 12.4. The maximum absolute atomic E-state index is 12.4. The number of rotatable bonds is 2. The van der Waals surface area contributed by atoms with Gasteiger partial charge in [0.25, 0.3) is 17.8 Å². The number of hydrazone groups is 2. The van der Waals surface area contributed by atoms with Crippen molar-refractivity contribution in [2.24, 2.45) is 10.2 Å². The number of aryl methyl sites for hydroxylation is 2. The lowest BCUT2D eigenvalue weighted by molar-refractivity contribution is -0.134. The van der Waals surface area contributed by atoms with Crippen LogP contribution in [-0.4, -0.2) is 103 Å². The number of amidine groups is 2. The molecule has 3 amide bonds. The van der Waals surface area contributed by atoms with Crippen molar-refractivity contribution in [3.05, 3.63) is 46.5 Å². The Kier molecular flexibility index (Phi) is 12.3. The van der Waals surface area contributed by atoms with Gasteiger partial charge in [0.1, 0.15) is 42.4 Å². The normalized spacial score (nSPS) is 21.7. The third-order valence-corrected chi connectivity index (χ3v) is 11.0. The monoisotopic (exact) mass is 788 g/mol. The first-order valence-corrected chi connectivity index (χ1v) is 19.8. The molecule has 6 aliphatic rings. The molecule has 16 nitrogen and oxygen atoms in total. The number of nitrogens with zero attached hydrogens (tertiary/aromatic N) is 5. The quantitative estimate of drug-likeness (QED) is 0.330. The van der Waals surface area contributed by atoms with Crippen molar-refractivity contribution in [3.63, 3.8) is 0 Å². The second kappa shape index (κ2) is 17.0. The summed E-state index contributed by atoms with van der Waals surface area (Å²) in [6, 6.07) is 7.91. The summed E-state index contributed by atoms with van der Waals surface area (Å²) in [6.45, 7) is 19.0. The SMILES string of the molecule is CC(=O)O.Cc1cc2c(cc1C1CCN(C(=O)OC(C)(C)C)CC1)N1C(=NNC(=O)C1C)CO2.Cc1cc2c(cc1C1CCNCC1)N1C(=NNC(=O)C1C)CO2. The van der Waals surface area contributed by atoms with E-state index in [0.29, 0.717) is 44.0 Å². The fraction of sp³-hybridized carbons (Fsp3) is 0.561. The van der Waals surface area contributed by atoms with E-state index in [-0.39, 0.29) is 30.0 Å². The van der Waals surface area contributed by atoms with Gasteiger partial charge in [0.2, 0.25) is 0 Å². The van der Waals surface area contributed by atoms with Crippen LogP contribution in [0.1, 0.15) is 101 Å². The number of anilines is 2. The number of carbonyl (C=O) groups excluding carboxylic acids is 3. The molecule has 2 atom stereocenters. The number of carboxylic acid groups (broad SMARTS) is 1. The van der Waals surface area contributed by atoms with Crippen LogP contribution < -0.4 is 35.4 Å². The van der Waals surface area contributed by atoms with Crippen LogP contribution in [0.2, 0.25) is 0 Å². The predicted octanol–water partition coefficient (Wildman–Crippen LogP) is 4.72. The van der Waals surface area contributed by atoms with Crippen molar-refractivity contribution in [2.75, 3.05) is 49.2 Å². The van der Waals surface area contributed by atoms with Gasteiger partial charge in [-0.25, -0.2) is 15.6 Å². The van der Waals surface area contributed by atoms with Gasteiger partial charge >= 0.3 is 6.09 Å². The first kappa shape index (κ1) is 41.3. The number of nitrogens with one attached hydrogen (secondary N) is 3. The molecule has 0 spiro atoms. The van der Waals surface area contributed by atoms with Crippen molar-refractivity contribution in [2.45, 2.75) is 111 Å². The van der Waals surface area contributed by atoms with Crippen LogP contribution in [-0.2, 0) is 19.1 Å². The number of hydrogen-bond donors (Lipinski definition) is 4. The fourth-order valence-corrected chi connectivity index (χ4v) is 8.09. The molecule has 308 valence electrons. The van der Waals surface area contributed by atoms with Crippen LogP contribution in [0.4, 0.5) is 16.2 Å². The number of fused-ring (bicyclic) bond motifs is 6. The van der Waals surface area contributed by atoms with Gasteiger partial charge in [0, 0.05) is 20.0 Å². The third-order valence-electron chi connectivity index (χ3n) is 11.0. The van der Waals surface area contributed by atoms with Crippen LogP contribution >= 0.6 is 0 Å². The van der Waals surface area contributed by atoms with Gasteiger partial charge in [-0.3, -0.25) is 14.4 Å². The number of amides is 3. The minimum atomic E-state index is -0.833. The Morgan fingerprint density at radius 3 is 1.61 bits per heavy atom. The van der Waals surface area contributed by atoms with Crippen molar-refractivity contribution >= 4 is 46.9 Å². The number of hydrogen-bond acceptors (Lipinski definition) is 12. The van der Waals surface area contributed by atoms with E-state index in [0.717, 1.165) is 74.4 Å². The highest BCUT2D eigenvalue weighted by Crippen LogP contribution is 2.42. The summed E-state index contributed by atoms with van der Waals surface area (Å²) in [5.41, 5.74) is 11.5. The molecule has 2 aromatic rings. The Morgan fingerprint density at radius 1 is 0.772 bits per heavy atom. The predicted molar refractivity (Wildman–Crippen MR) is 216 cm³/mol. The van der Waals surface area contributed by atoms with E-state index in [2.05, 4.69) is 64.5 Å². The average Bonchev–Trinajstić information content (AvgIpc) is 3.16. The van der Waals surface area contributed by atoms with Crippen LogP contribution in [0, 0.1) is 13.8 Å². The van der Waals surface area contributed by atoms with Gasteiger partial charge < -0.3 is 39.3 Å². The van der Waals surface area contributed by atoms with Crippen LogP contribution in [0.3, 0.4) is 0 Å². The molecule has 0 aliphatic carbocycles. The highest BCUT2D eigenvalue weighted by molar-refractivity contribution is 6.10. The number of benzene rings is 2. The second-order valence-corrected chi connectivity index (χ2v) is 16.3. The average molecular weight is 789 g/mol. The molecule has 6 heterocycles. The van der Waals surface area contributed by atoms with E-state index in [4.69, 9.17) is 24.1 Å². The molecule has 16 heteroatoms. The Bertz CT molecular complexity index is 1940. The van der Waals surface area contributed by atoms with Crippen molar-refractivity contribution in [1.82, 2.24) is 21.1 Å². The Hall–Kier alpha value is -5.38. The molecule has 0 saturated carbocycles. The molecule has 2 aromatic carbocycles. The van der Waals surface area contributed by atoms with E-state index in [1.807, 2.05) is 44.4 Å². The molecule has 2 saturated heterocycles. The zero-order chi connectivity index (χ0) is 41.2. The number of ether oxygens (including phenoxy) is 3. The first-order valence-electron chi connectivity index (χ1n) is 19.8. The Labute approximate surface area is 333 Å². The highest BCUT2D eigenvalue weighted by atomic mass is 16.6. The summed E-state index contributed by atoms with van der Waals surface area (Å²) in [5.74, 6) is 2.98. The maximum Gasteiger partial charge on any atom is 0.410 e. The van der Waals surface area contributed by atoms with Gasteiger partial charge in [0.15, 0.2) is 11.7 Å². The molecular formula is C41H56N8O8. The molecular weight excluding hydrogens is 732 g/mol. The van der Waals surface area contributed by atoms with Gasteiger partial charge in [-0.05, 0) is 146 Å². The lowest BCUT2D eigenvalue weighted by atomic mass is 9.86. The first-order chi connectivity index (χ1) is 27.0. The molecule has 0 bridgehead atoms. The summed E-state index contributed by atoms with van der Waals surface area (Å²) >= 11 is 0. The largest absolute Gasteiger partial charge is 0.483 e. The lowest BCUT2D eigenvalue weighted by Gasteiger charge is -2.39. The number of carboxylic acids is 1. The molecule has 4 N–H and O–H groups in total. The summed E-state index contributed by atoms with van der Waals surface area (Å²) < 4.78 is 17.3. The van der Waals surface area contributed by atoms with E-state index in [1.54, 1.807) is 4.90 Å². The Balaban J connectivity index is 0.000000181. The molecule has 6 aliphatic heterocycles. The molecule has 2 fully saturated rings. The van der Waals surface area contributed by atoms with Gasteiger partial charge in [-0.2, -0.15) is 10.2 Å². The zero-order valence-electron chi connectivity index (χ0n) is 34.2. The number of likely N-dealkylation sites (tertiary alicyclic amines) is 1. The third kappa shape index (κ3) is 9.27. The lowest BCUT2D eigenvalue weighted by Crippen LogP contribution is -2.55. The molecule has 57 heavy (non-hydrogen) atoms. The number of carbonyl (C=O) groups is 4. The van der Waals surface area contributed by atoms with E-state index < -0.39 is 11.6 Å².